The summed E-state index contributed by atoms with van der Waals surface area (Å²) in [6, 6.07) is 10.5. The molecule has 0 radical (unpaired) electrons. The zero-order valence-electron chi connectivity index (χ0n) is 14.2. The van der Waals surface area contributed by atoms with Gasteiger partial charge in [-0.25, -0.2) is 0 Å². The van der Waals surface area contributed by atoms with E-state index in [4.69, 9.17) is 16.3 Å². The van der Waals surface area contributed by atoms with Crippen LogP contribution in [0.25, 0.3) is 0 Å². The second-order valence-electron chi connectivity index (χ2n) is 5.52. The highest BCUT2D eigenvalue weighted by Gasteiger charge is 2.11. The summed E-state index contributed by atoms with van der Waals surface area (Å²) in [5.41, 5.74) is 0.563. The SMILES string of the molecule is COc1ccc(C(=O)NCCCC(=O)NC(C)c2ccc(Cl)s2)cc1. The molecular weight excluding hydrogens is 360 g/mol. The Balaban J connectivity index is 1.67. The second kappa shape index (κ2) is 9.44. The number of rotatable bonds is 8. The van der Waals surface area contributed by atoms with E-state index in [0.29, 0.717) is 35.0 Å². The van der Waals surface area contributed by atoms with E-state index in [1.54, 1.807) is 31.4 Å². The Morgan fingerprint density at radius 1 is 1.20 bits per heavy atom. The summed E-state index contributed by atoms with van der Waals surface area (Å²) in [6.07, 6.45) is 0.929. The molecule has 2 amide bonds. The Morgan fingerprint density at radius 3 is 2.52 bits per heavy atom. The maximum atomic E-state index is 12.0. The summed E-state index contributed by atoms with van der Waals surface area (Å²) in [4.78, 5) is 25.0. The van der Waals surface area contributed by atoms with E-state index in [2.05, 4.69) is 10.6 Å². The van der Waals surface area contributed by atoms with Crippen molar-refractivity contribution in [1.82, 2.24) is 10.6 Å². The molecule has 0 bridgehead atoms. The fraction of sp³-hybridized carbons (Fsp3) is 0.333. The third-order valence-corrected chi connectivity index (χ3v) is 5.03. The lowest BCUT2D eigenvalue weighted by Gasteiger charge is -2.12. The Kier molecular flexibility index (Phi) is 7.28. The van der Waals surface area contributed by atoms with Crippen LogP contribution in [-0.2, 0) is 4.79 Å². The third-order valence-electron chi connectivity index (χ3n) is 3.62. The fourth-order valence-electron chi connectivity index (χ4n) is 2.24. The first-order valence-corrected chi connectivity index (χ1v) is 9.16. The van der Waals surface area contributed by atoms with Gasteiger partial charge in [-0.15, -0.1) is 11.3 Å². The molecule has 7 heteroatoms. The number of thiophene rings is 1. The molecule has 1 heterocycles. The molecule has 134 valence electrons. The quantitative estimate of drug-likeness (QED) is 0.684. The topological polar surface area (TPSA) is 67.4 Å². The number of halogens is 1. The monoisotopic (exact) mass is 380 g/mol. The second-order valence-corrected chi connectivity index (χ2v) is 7.27. The summed E-state index contributed by atoms with van der Waals surface area (Å²) in [6.45, 7) is 2.36. The van der Waals surface area contributed by atoms with Crippen molar-refractivity contribution in [2.45, 2.75) is 25.8 Å². The smallest absolute Gasteiger partial charge is 0.251 e. The number of amides is 2. The van der Waals surface area contributed by atoms with Gasteiger partial charge >= 0.3 is 0 Å². The maximum absolute atomic E-state index is 12.0. The maximum Gasteiger partial charge on any atom is 0.251 e. The summed E-state index contributed by atoms with van der Waals surface area (Å²) >= 11 is 7.35. The lowest BCUT2D eigenvalue weighted by atomic mass is 10.2. The number of ether oxygens (including phenoxy) is 1. The van der Waals surface area contributed by atoms with E-state index < -0.39 is 0 Å². The summed E-state index contributed by atoms with van der Waals surface area (Å²) < 4.78 is 5.76. The Hall–Kier alpha value is -2.05. The van der Waals surface area contributed by atoms with E-state index in [1.807, 2.05) is 19.1 Å². The average molecular weight is 381 g/mol. The largest absolute Gasteiger partial charge is 0.497 e. The van der Waals surface area contributed by atoms with Gasteiger partial charge in [0, 0.05) is 23.4 Å². The molecule has 2 N–H and O–H groups in total. The van der Waals surface area contributed by atoms with Crippen molar-refractivity contribution < 1.29 is 14.3 Å². The molecule has 0 aliphatic rings. The fourth-order valence-corrected chi connectivity index (χ4v) is 3.30. The van der Waals surface area contributed by atoms with Crippen LogP contribution >= 0.6 is 22.9 Å². The molecule has 0 fully saturated rings. The average Bonchev–Trinajstić information content (AvgIpc) is 3.05. The highest BCUT2D eigenvalue weighted by Crippen LogP contribution is 2.26. The van der Waals surface area contributed by atoms with Crippen LogP contribution in [0.1, 0.15) is 41.0 Å². The van der Waals surface area contributed by atoms with Crippen LogP contribution < -0.4 is 15.4 Å². The van der Waals surface area contributed by atoms with Crippen LogP contribution in [0.4, 0.5) is 0 Å². The van der Waals surface area contributed by atoms with E-state index in [-0.39, 0.29) is 17.9 Å². The van der Waals surface area contributed by atoms with Crippen molar-refractivity contribution in [2.75, 3.05) is 13.7 Å². The van der Waals surface area contributed by atoms with Gasteiger partial charge in [0.25, 0.3) is 5.91 Å². The molecule has 0 saturated heterocycles. The van der Waals surface area contributed by atoms with Crippen molar-refractivity contribution in [3.05, 3.63) is 51.2 Å². The number of carbonyl (C=O) groups is 2. The predicted molar refractivity (Wildman–Crippen MR) is 100 cm³/mol. The first-order valence-electron chi connectivity index (χ1n) is 7.96. The van der Waals surface area contributed by atoms with Gasteiger partial charge in [-0.2, -0.15) is 0 Å². The van der Waals surface area contributed by atoms with Crippen LogP contribution in [0.15, 0.2) is 36.4 Å². The van der Waals surface area contributed by atoms with Crippen LogP contribution in [0.3, 0.4) is 0 Å². The first-order chi connectivity index (χ1) is 12.0. The zero-order valence-corrected chi connectivity index (χ0v) is 15.7. The number of hydrogen-bond donors (Lipinski definition) is 2. The number of methoxy groups -OCH3 is 1. The molecule has 2 rings (SSSR count). The Labute approximate surface area is 156 Å². The molecular formula is C18H21ClN2O3S. The van der Waals surface area contributed by atoms with Gasteiger partial charge in [0.15, 0.2) is 0 Å². The van der Waals surface area contributed by atoms with E-state index in [0.717, 1.165) is 4.88 Å². The van der Waals surface area contributed by atoms with Gasteiger partial charge in [-0.05, 0) is 49.7 Å². The Bertz CT molecular complexity index is 715. The molecule has 0 spiro atoms. The molecule has 5 nitrogen and oxygen atoms in total. The molecule has 25 heavy (non-hydrogen) atoms. The number of benzene rings is 1. The van der Waals surface area contributed by atoms with Gasteiger partial charge in [0.05, 0.1) is 17.5 Å². The number of hydrogen-bond acceptors (Lipinski definition) is 4. The summed E-state index contributed by atoms with van der Waals surface area (Å²) in [7, 11) is 1.58. The molecule has 0 aliphatic carbocycles. The van der Waals surface area contributed by atoms with E-state index >= 15 is 0 Å². The third kappa shape index (κ3) is 6.07. The standard InChI is InChI=1S/C18H21ClN2O3S/c1-12(15-9-10-16(19)25-15)21-17(22)4-3-11-20-18(23)13-5-7-14(24-2)8-6-13/h5-10,12H,3-4,11H2,1-2H3,(H,20,23)(H,21,22). The van der Waals surface area contributed by atoms with Crippen LogP contribution in [-0.4, -0.2) is 25.5 Å². The molecule has 2 aromatic rings. The van der Waals surface area contributed by atoms with Crippen molar-refractivity contribution in [1.29, 1.82) is 0 Å². The molecule has 0 saturated carbocycles. The molecule has 1 aromatic heterocycles. The van der Waals surface area contributed by atoms with Crippen LogP contribution in [0, 0.1) is 0 Å². The van der Waals surface area contributed by atoms with E-state index in [1.165, 1.54) is 11.3 Å². The van der Waals surface area contributed by atoms with Crippen molar-refractivity contribution >= 4 is 34.8 Å². The minimum Gasteiger partial charge on any atom is -0.497 e. The van der Waals surface area contributed by atoms with Crippen molar-refractivity contribution in [2.24, 2.45) is 0 Å². The van der Waals surface area contributed by atoms with Gasteiger partial charge in [-0.3, -0.25) is 9.59 Å². The van der Waals surface area contributed by atoms with E-state index in [9.17, 15) is 9.59 Å². The van der Waals surface area contributed by atoms with Crippen molar-refractivity contribution in [3.8, 4) is 5.75 Å². The number of nitrogens with one attached hydrogen (secondary N) is 2. The van der Waals surface area contributed by atoms with Gasteiger partial charge < -0.3 is 15.4 Å². The lowest BCUT2D eigenvalue weighted by molar-refractivity contribution is -0.121. The molecule has 1 aromatic carbocycles. The molecule has 1 atom stereocenters. The first kappa shape index (κ1) is 19.3. The van der Waals surface area contributed by atoms with Crippen molar-refractivity contribution in [3.63, 3.8) is 0 Å². The van der Waals surface area contributed by atoms with Gasteiger partial charge in [0.1, 0.15) is 5.75 Å². The normalized spacial score (nSPS) is 11.6. The molecule has 1 unspecified atom stereocenters. The highest BCUT2D eigenvalue weighted by molar-refractivity contribution is 7.16. The lowest BCUT2D eigenvalue weighted by Crippen LogP contribution is -2.28. The number of carbonyl (C=O) groups excluding carboxylic acids is 2. The highest BCUT2D eigenvalue weighted by atomic mass is 35.5. The van der Waals surface area contributed by atoms with Crippen LogP contribution in [0.5, 0.6) is 5.75 Å². The zero-order chi connectivity index (χ0) is 18.2. The summed E-state index contributed by atoms with van der Waals surface area (Å²) in [5.74, 6) is 0.495. The van der Waals surface area contributed by atoms with Gasteiger partial charge in [-0.1, -0.05) is 11.6 Å². The molecule has 0 aliphatic heterocycles. The van der Waals surface area contributed by atoms with Crippen LogP contribution in [0.2, 0.25) is 4.34 Å². The Morgan fingerprint density at radius 2 is 1.92 bits per heavy atom. The summed E-state index contributed by atoms with van der Waals surface area (Å²) in [5, 5.41) is 5.73. The predicted octanol–water partition coefficient (Wildman–Crippen LogP) is 3.80. The van der Waals surface area contributed by atoms with Gasteiger partial charge in [0.2, 0.25) is 5.91 Å². The minimum absolute atomic E-state index is 0.0456. The minimum atomic E-state index is -0.162.